The maximum Gasteiger partial charge on any atom is 0.240 e. The van der Waals surface area contributed by atoms with Crippen molar-refractivity contribution in [3.05, 3.63) is 0 Å². The minimum atomic E-state index is -0.714. The van der Waals surface area contributed by atoms with E-state index in [2.05, 4.69) is 24.1 Å². The van der Waals surface area contributed by atoms with E-state index in [0.717, 1.165) is 19.6 Å². The highest BCUT2D eigenvalue weighted by atomic mass is 16.5. The van der Waals surface area contributed by atoms with Gasteiger partial charge in [0.25, 0.3) is 0 Å². The zero-order chi connectivity index (χ0) is 13.9. The Balaban J connectivity index is 1.75. The van der Waals surface area contributed by atoms with E-state index in [0.29, 0.717) is 38.0 Å². The quantitative estimate of drug-likeness (QED) is 0.772. The van der Waals surface area contributed by atoms with Crippen LogP contribution >= 0.6 is 0 Å². The summed E-state index contributed by atoms with van der Waals surface area (Å²) in [6.07, 6.45) is 2.42. The molecule has 2 saturated heterocycles. The number of carbonyl (C=O) groups excluding carboxylic acids is 1. The summed E-state index contributed by atoms with van der Waals surface area (Å²) >= 11 is 0. The monoisotopic (exact) mass is 269 g/mol. The summed E-state index contributed by atoms with van der Waals surface area (Å²) in [7, 11) is 0. The third-order valence-corrected chi connectivity index (χ3v) is 4.44. The van der Waals surface area contributed by atoms with Crippen molar-refractivity contribution in [3.63, 3.8) is 0 Å². The second-order valence-corrected chi connectivity index (χ2v) is 6.22. The number of nitrogens with one attached hydrogen (secondary N) is 1. The standard InChI is InChI=1S/C14H27N3O2/c1-11(2)17-6-3-12(10-17)9-16-13(18)14(15)4-7-19-8-5-14/h11-12H,3-10,15H2,1-2H3,(H,16,18). The van der Waals surface area contributed by atoms with Crippen LogP contribution in [0.5, 0.6) is 0 Å². The molecule has 2 heterocycles. The topological polar surface area (TPSA) is 67.6 Å². The fraction of sp³-hybridized carbons (Fsp3) is 0.929. The van der Waals surface area contributed by atoms with Gasteiger partial charge in [-0.2, -0.15) is 0 Å². The SMILES string of the molecule is CC(C)N1CCC(CNC(=O)C2(N)CCOCC2)C1. The van der Waals surface area contributed by atoms with Crippen LogP contribution in [0.15, 0.2) is 0 Å². The smallest absolute Gasteiger partial charge is 0.240 e. The van der Waals surface area contributed by atoms with Crippen molar-refractivity contribution in [3.8, 4) is 0 Å². The van der Waals surface area contributed by atoms with Gasteiger partial charge in [-0.1, -0.05) is 0 Å². The first-order chi connectivity index (χ1) is 9.01. The van der Waals surface area contributed by atoms with Crippen molar-refractivity contribution in [1.82, 2.24) is 10.2 Å². The van der Waals surface area contributed by atoms with E-state index in [4.69, 9.17) is 10.5 Å². The van der Waals surface area contributed by atoms with E-state index >= 15 is 0 Å². The van der Waals surface area contributed by atoms with Gasteiger partial charge < -0.3 is 20.7 Å². The Morgan fingerprint density at radius 1 is 1.47 bits per heavy atom. The molecule has 0 aromatic carbocycles. The van der Waals surface area contributed by atoms with E-state index in [1.54, 1.807) is 0 Å². The van der Waals surface area contributed by atoms with Gasteiger partial charge in [0.2, 0.25) is 5.91 Å². The Kier molecular flexibility index (Phi) is 4.81. The molecule has 2 rings (SSSR count). The van der Waals surface area contributed by atoms with Gasteiger partial charge in [0, 0.05) is 32.3 Å². The van der Waals surface area contributed by atoms with Crippen LogP contribution in [0.3, 0.4) is 0 Å². The lowest BCUT2D eigenvalue weighted by molar-refractivity contribution is -0.129. The molecule has 0 spiro atoms. The largest absolute Gasteiger partial charge is 0.381 e. The third kappa shape index (κ3) is 3.68. The molecule has 2 aliphatic heterocycles. The summed E-state index contributed by atoms with van der Waals surface area (Å²) in [6, 6.07) is 0.594. The zero-order valence-corrected chi connectivity index (χ0v) is 12.2. The normalized spacial score (nSPS) is 27.7. The zero-order valence-electron chi connectivity index (χ0n) is 12.2. The molecule has 0 aromatic heterocycles. The molecule has 0 saturated carbocycles. The van der Waals surface area contributed by atoms with Crippen molar-refractivity contribution < 1.29 is 9.53 Å². The molecule has 1 unspecified atom stereocenters. The molecule has 1 amide bonds. The Morgan fingerprint density at radius 3 is 2.74 bits per heavy atom. The van der Waals surface area contributed by atoms with Crippen LogP contribution in [0.2, 0.25) is 0 Å². The average Bonchev–Trinajstić information content (AvgIpc) is 2.85. The molecule has 2 aliphatic rings. The van der Waals surface area contributed by atoms with Gasteiger partial charge in [-0.25, -0.2) is 0 Å². The molecule has 0 bridgehead atoms. The molecule has 110 valence electrons. The van der Waals surface area contributed by atoms with Crippen LogP contribution in [0.4, 0.5) is 0 Å². The van der Waals surface area contributed by atoms with Crippen molar-refractivity contribution in [2.45, 2.75) is 44.7 Å². The number of nitrogens with zero attached hydrogens (tertiary/aromatic N) is 1. The van der Waals surface area contributed by atoms with Gasteiger partial charge in [-0.05, 0) is 45.6 Å². The maximum absolute atomic E-state index is 12.2. The molecule has 19 heavy (non-hydrogen) atoms. The second kappa shape index (κ2) is 6.20. The van der Waals surface area contributed by atoms with Crippen LogP contribution in [-0.2, 0) is 9.53 Å². The molecule has 0 radical (unpaired) electrons. The molecular formula is C14H27N3O2. The molecule has 0 aromatic rings. The fourth-order valence-corrected chi connectivity index (χ4v) is 2.87. The molecular weight excluding hydrogens is 242 g/mol. The van der Waals surface area contributed by atoms with Crippen molar-refractivity contribution >= 4 is 5.91 Å². The Hall–Kier alpha value is -0.650. The highest BCUT2D eigenvalue weighted by Crippen LogP contribution is 2.20. The lowest BCUT2D eigenvalue weighted by Crippen LogP contribution is -2.57. The lowest BCUT2D eigenvalue weighted by atomic mass is 9.90. The van der Waals surface area contributed by atoms with E-state index in [9.17, 15) is 4.79 Å². The first-order valence-corrected chi connectivity index (χ1v) is 7.40. The van der Waals surface area contributed by atoms with Crippen LogP contribution in [-0.4, -0.2) is 55.2 Å². The lowest BCUT2D eigenvalue weighted by Gasteiger charge is -2.32. The van der Waals surface area contributed by atoms with Gasteiger partial charge in [0.15, 0.2) is 0 Å². The average molecular weight is 269 g/mol. The van der Waals surface area contributed by atoms with Crippen molar-refractivity contribution in [2.75, 3.05) is 32.8 Å². The van der Waals surface area contributed by atoms with E-state index in [-0.39, 0.29) is 5.91 Å². The molecule has 5 heteroatoms. The first kappa shape index (κ1) is 14.8. The summed E-state index contributed by atoms with van der Waals surface area (Å²) in [6.45, 7) is 8.60. The van der Waals surface area contributed by atoms with E-state index < -0.39 is 5.54 Å². The molecule has 0 aliphatic carbocycles. The molecule has 5 nitrogen and oxygen atoms in total. The number of carbonyl (C=O) groups is 1. The van der Waals surface area contributed by atoms with Crippen LogP contribution < -0.4 is 11.1 Å². The van der Waals surface area contributed by atoms with Crippen molar-refractivity contribution in [1.29, 1.82) is 0 Å². The predicted octanol–water partition coefficient (Wildman–Crippen LogP) is 0.341. The van der Waals surface area contributed by atoms with Gasteiger partial charge in [-0.15, -0.1) is 0 Å². The third-order valence-electron chi connectivity index (χ3n) is 4.44. The summed E-state index contributed by atoms with van der Waals surface area (Å²) in [5.74, 6) is 0.564. The molecule has 2 fully saturated rings. The Bertz CT molecular complexity index is 314. The van der Waals surface area contributed by atoms with Crippen LogP contribution in [0, 0.1) is 5.92 Å². The minimum absolute atomic E-state index is 0.00111. The highest BCUT2D eigenvalue weighted by molar-refractivity contribution is 5.86. The summed E-state index contributed by atoms with van der Waals surface area (Å²) in [5, 5.41) is 3.05. The Labute approximate surface area is 115 Å². The van der Waals surface area contributed by atoms with E-state index in [1.165, 1.54) is 6.42 Å². The van der Waals surface area contributed by atoms with E-state index in [1.807, 2.05) is 0 Å². The number of hydrogen-bond donors (Lipinski definition) is 2. The van der Waals surface area contributed by atoms with Crippen LogP contribution in [0.25, 0.3) is 0 Å². The number of nitrogens with two attached hydrogens (primary N) is 1. The van der Waals surface area contributed by atoms with Gasteiger partial charge in [0.1, 0.15) is 0 Å². The number of hydrogen-bond acceptors (Lipinski definition) is 4. The Morgan fingerprint density at radius 2 is 2.16 bits per heavy atom. The number of ether oxygens (including phenoxy) is 1. The van der Waals surface area contributed by atoms with Crippen molar-refractivity contribution in [2.24, 2.45) is 11.7 Å². The highest BCUT2D eigenvalue weighted by Gasteiger charge is 2.36. The molecule has 3 N–H and O–H groups in total. The molecule has 1 atom stereocenters. The minimum Gasteiger partial charge on any atom is -0.381 e. The summed E-state index contributed by atoms with van der Waals surface area (Å²) in [5.41, 5.74) is 5.45. The maximum atomic E-state index is 12.2. The number of rotatable bonds is 4. The number of amides is 1. The van der Waals surface area contributed by atoms with Gasteiger partial charge >= 0.3 is 0 Å². The van der Waals surface area contributed by atoms with Crippen LogP contribution in [0.1, 0.15) is 33.1 Å². The van der Waals surface area contributed by atoms with Gasteiger partial charge in [-0.3, -0.25) is 4.79 Å². The number of likely N-dealkylation sites (tertiary alicyclic amines) is 1. The second-order valence-electron chi connectivity index (χ2n) is 6.22. The predicted molar refractivity (Wildman–Crippen MR) is 74.8 cm³/mol. The van der Waals surface area contributed by atoms with Gasteiger partial charge in [0.05, 0.1) is 5.54 Å². The first-order valence-electron chi connectivity index (χ1n) is 7.40. The fourth-order valence-electron chi connectivity index (χ4n) is 2.87. The summed E-state index contributed by atoms with van der Waals surface area (Å²) < 4.78 is 5.27. The summed E-state index contributed by atoms with van der Waals surface area (Å²) in [4.78, 5) is 14.6.